The molecule has 5 nitrogen and oxygen atoms in total. The molecule has 0 saturated carbocycles. The van der Waals surface area contributed by atoms with Gasteiger partial charge in [-0.2, -0.15) is 0 Å². The fourth-order valence-corrected chi connectivity index (χ4v) is 1.50. The van der Waals surface area contributed by atoms with Crippen LogP contribution in [0.1, 0.15) is 10.6 Å². The van der Waals surface area contributed by atoms with Crippen LogP contribution in [0.2, 0.25) is 0 Å². The summed E-state index contributed by atoms with van der Waals surface area (Å²) < 4.78 is 15.6. The Kier molecular flexibility index (Phi) is 1.89. The van der Waals surface area contributed by atoms with E-state index in [1.165, 1.54) is 6.20 Å². The van der Waals surface area contributed by atoms with Crippen LogP contribution in [0, 0.1) is 0 Å². The lowest BCUT2D eigenvalue weighted by molar-refractivity contribution is 0.110. The molecular weight excluding hydrogens is 210 g/mol. The van der Waals surface area contributed by atoms with Crippen LogP contribution in [-0.4, -0.2) is 18.1 Å². The standard InChI is InChI=1S/C11H7NO4/c13-5-8-4-12-11(16-8)7-1-2-9-10(3-7)15-6-14-9/h1-5H,6H2. The highest BCUT2D eigenvalue weighted by molar-refractivity contribution is 5.71. The quantitative estimate of drug-likeness (QED) is 0.718. The molecule has 0 saturated heterocycles. The average Bonchev–Trinajstić information content (AvgIpc) is 2.96. The Morgan fingerprint density at radius 3 is 2.94 bits per heavy atom. The summed E-state index contributed by atoms with van der Waals surface area (Å²) in [5, 5.41) is 0. The van der Waals surface area contributed by atoms with Gasteiger partial charge in [-0.3, -0.25) is 4.79 Å². The first-order valence-electron chi connectivity index (χ1n) is 4.68. The molecule has 0 N–H and O–H groups in total. The number of nitrogens with zero attached hydrogens (tertiary/aromatic N) is 1. The zero-order valence-corrected chi connectivity index (χ0v) is 8.17. The van der Waals surface area contributed by atoms with E-state index in [-0.39, 0.29) is 12.6 Å². The maximum absolute atomic E-state index is 10.5. The number of hydrogen-bond acceptors (Lipinski definition) is 5. The summed E-state index contributed by atoms with van der Waals surface area (Å²) in [6.07, 6.45) is 2.00. The van der Waals surface area contributed by atoms with E-state index in [0.29, 0.717) is 23.7 Å². The van der Waals surface area contributed by atoms with Crippen molar-refractivity contribution in [1.82, 2.24) is 4.98 Å². The molecule has 2 heterocycles. The van der Waals surface area contributed by atoms with Crippen LogP contribution in [0.3, 0.4) is 0 Å². The Bertz CT molecular complexity index is 547. The van der Waals surface area contributed by atoms with Gasteiger partial charge in [0.05, 0.1) is 6.20 Å². The molecule has 5 heteroatoms. The third-order valence-corrected chi connectivity index (χ3v) is 2.26. The fraction of sp³-hybridized carbons (Fsp3) is 0.0909. The van der Waals surface area contributed by atoms with Crippen molar-refractivity contribution in [2.24, 2.45) is 0 Å². The fourth-order valence-electron chi connectivity index (χ4n) is 1.50. The minimum atomic E-state index is 0.202. The SMILES string of the molecule is O=Cc1cnc(-c2ccc3c(c2)OCO3)o1. The molecule has 3 rings (SSSR count). The second-order valence-electron chi connectivity index (χ2n) is 3.25. The highest BCUT2D eigenvalue weighted by Crippen LogP contribution is 2.35. The molecule has 0 unspecified atom stereocenters. The van der Waals surface area contributed by atoms with Crippen LogP contribution >= 0.6 is 0 Å². The predicted octanol–water partition coefficient (Wildman–Crippen LogP) is 1.88. The van der Waals surface area contributed by atoms with Crippen molar-refractivity contribution in [3.05, 3.63) is 30.2 Å². The molecule has 1 aliphatic rings. The Labute approximate surface area is 90.6 Å². The van der Waals surface area contributed by atoms with Crippen LogP contribution in [0.5, 0.6) is 11.5 Å². The zero-order valence-electron chi connectivity index (χ0n) is 8.17. The number of carbonyl (C=O) groups excluding carboxylic acids is 1. The molecule has 0 spiro atoms. The van der Waals surface area contributed by atoms with Crippen molar-refractivity contribution in [3.63, 3.8) is 0 Å². The number of carbonyl (C=O) groups is 1. The largest absolute Gasteiger partial charge is 0.454 e. The molecule has 0 fully saturated rings. The summed E-state index contributed by atoms with van der Waals surface area (Å²) in [7, 11) is 0. The topological polar surface area (TPSA) is 61.6 Å². The van der Waals surface area contributed by atoms with Crippen molar-refractivity contribution in [2.45, 2.75) is 0 Å². The van der Waals surface area contributed by atoms with Gasteiger partial charge in [0.25, 0.3) is 0 Å². The molecule has 0 atom stereocenters. The molecule has 0 aliphatic carbocycles. The number of benzene rings is 1. The number of fused-ring (bicyclic) bond motifs is 1. The van der Waals surface area contributed by atoms with E-state index in [4.69, 9.17) is 13.9 Å². The molecule has 2 aromatic rings. The van der Waals surface area contributed by atoms with Gasteiger partial charge >= 0.3 is 0 Å². The van der Waals surface area contributed by atoms with Crippen molar-refractivity contribution >= 4 is 6.29 Å². The highest BCUT2D eigenvalue weighted by atomic mass is 16.7. The number of aldehydes is 1. The third-order valence-electron chi connectivity index (χ3n) is 2.26. The molecule has 0 amide bonds. The lowest BCUT2D eigenvalue weighted by Gasteiger charge is -1.98. The van der Waals surface area contributed by atoms with Crippen LogP contribution in [0.25, 0.3) is 11.5 Å². The molecule has 0 bridgehead atoms. The van der Waals surface area contributed by atoms with Crippen LogP contribution < -0.4 is 9.47 Å². The molecule has 1 aromatic heterocycles. The van der Waals surface area contributed by atoms with E-state index in [9.17, 15) is 4.79 Å². The van der Waals surface area contributed by atoms with E-state index in [2.05, 4.69) is 4.98 Å². The van der Waals surface area contributed by atoms with Crippen molar-refractivity contribution in [2.75, 3.05) is 6.79 Å². The van der Waals surface area contributed by atoms with E-state index in [1.54, 1.807) is 18.2 Å². The van der Waals surface area contributed by atoms with Gasteiger partial charge in [-0.25, -0.2) is 4.98 Å². The first-order valence-corrected chi connectivity index (χ1v) is 4.68. The monoisotopic (exact) mass is 217 g/mol. The van der Waals surface area contributed by atoms with Gasteiger partial charge in [0.1, 0.15) is 0 Å². The maximum atomic E-state index is 10.5. The summed E-state index contributed by atoms with van der Waals surface area (Å²) in [5.74, 6) is 1.95. The van der Waals surface area contributed by atoms with Crippen molar-refractivity contribution in [1.29, 1.82) is 0 Å². The predicted molar refractivity (Wildman–Crippen MR) is 53.4 cm³/mol. The number of aromatic nitrogens is 1. The van der Waals surface area contributed by atoms with Gasteiger partial charge < -0.3 is 13.9 Å². The second-order valence-corrected chi connectivity index (χ2v) is 3.25. The number of oxazole rings is 1. The van der Waals surface area contributed by atoms with E-state index < -0.39 is 0 Å². The Balaban J connectivity index is 2.03. The third kappa shape index (κ3) is 1.33. The molecule has 1 aliphatic heterocycles. The van der Waals surface area contributed by atoms with Crippen LogP contribution in [0.4, 0.5) is 0 Å². The molecule has 16 heavy (non-hydrogen) atoms. The van der Waals surface area contributed by atoms with Gasteiger partial charge in [-0.05, 0) is 18.2 Å². The summed E-state index contributed by atoms with van der Waals surface area (Å²) in [4.78, 5) is 14.4. The smallest absolute Gasteiger partial charge is 0.231 e. The lowest BCUT2D eigenvalue weighted by atomic mass is 10.2. The molecule has 1 aromatic carbocycles. The van der Waals surface area contributed by atoms with Gasteiger partial charge in [-0.15, -0.1) is 0 Å². The first-order chi connectivity index (χ1) is 7.86. The minimum Gasteiger partial charge on any atom is -0.454 e. The Hall–Kier alpha value is -2.30. The second kappa shape index (κ2) is 3.37. The van der Waals surface area contributed by atoms with Crippen LogP contribution in [0.15, 0.2) is 28.8 Å². The zero-order chi connectivity index (χ0) is 11.0. The summed E-state index contributed by atoms with van der Waals surface area (Å²) >= 11 is 0. The molecular formula is C11H7NO4. The number of hydrogen-bond donors (Lipinski definition) is 0. The summed E-state index contributed by atoms with van der Waals surface area (Å²) in [5.41, 5.74) is 0.748. The van der Waals surface area contributed by atoms with Crippen molar-refractivity contribution < 1.29 is 18.7 Å². The minimum absolute atomic E-state index is 0.202. The van der Waals surface area contributed by atoms with E-state index in [1.807, 2.05) is 0 Å². The molecule has 0 radical (unpaired) electrons. The van der Waals surface area contributed by atoms with Gasteiger partial charge in [0, 0.05) is 5.56 Å². The van der Waals surface area contributed by atoms with E-state index in [0.717, 1.165) is 5.56 Å². The van der Waals surface area contributed by atoms with E-state index >= 15 is 0 Å². The number of ether oxygens (including phenoxy) is 2. The lowest BCUT2D eigenvalue weighted by Crippen LogP contribution is -1.92. The normalized spacial score (nSPS) is 12.8. The Morgan fingerprint density at radius 1 is 1.25 bits per heavy atom. The highest BCUT2D eigenvalue weighted by Gasteiger charge is 2.15. The average molecular weight is 217 g/mol. The van der Waals surface area contributed by atoms with Crippen LogP contribution in [-0.2, 0) is 0 Å². The maximum Gasteiger partial charge on any atom is 0.231 e. The van der Waals surface area contributed by atoms with Crippen molar-refractivity contribution in [3.8, 4) is 23.0 Å². The van der Waals surface area contributed by atoms with Gasteiger partial charge in [0.2, 0.25) is 12.7 Å². The van der Waals surface area contributed by atoms with Gasteiger partial charge in [-0.1, -0.05) is 0 Å². The molecule has 80 valence electrons. The first kappa shape index (κ1) is 8.96. The van der Waals surface area contributed by atoms with Gasteiger partial charge in [0.15, 0.2) is 23.5 Å². The summed E-state index contributed by atoms with van der Waals surface area (Å²) in [6, 6.07) is 5.35. The summed E-state index contributed by atoms with van der Waals surface area (Å²) in [6.45, 7) is 0.226. The number of rotatable bonds is 2. The Morgan fingerprint density at radius 2 is 2.12 bits per heavy atom.